The second kappa shape index (κ2) is 6.40. The Hall–Kier alpha value is -2.05. The summed E-state index contributed by atoms with van der Waals surface area (Å²) < 4.78 is 13.0. The van der Waals surface area contributed by atoms with Gasteiger partial charge in [-0.15, -0.1) is 10.2 Å². The van der Waals surface area contributed by atoms with E-state index >= 15 is 0 Å². The van der Waals surface area contributed by atoms with E-state index in [0.29, 0.717) is 5.56 Å². The minimum atomic E-state index is -1.00. The molecule has 0 spiro atoms. The largest absolute Gasteiger partial charge is 0.387 e. The Morgan fingerprint density at radius 2 is 2.15 bits per heavy atom. The lowest BCUT2D eigenvalue weighted by molar-refractivity contribution is 0.0910. The number of carbonyl (C=O) groups is 1. The average Bonchev–Trinajstić information content (AvgIpc) is 2.45. The van der Waals surface area contributed by atoms with Gasteiger partial charge in [0.25, 0.3) is 5.91 Å². The molecule has 1 atom stereocenters. The maximum atomic E-state index is 13.0. The van der Waals surface area contributed by atoms with Gasteiger partial charge >= 0.3 is 0 Å². The molecule has 0 saturated carbocycles. The van der Waals surface area contributed by atoms with Crippen LogP contribution in [0.5, 0.6) is 0 Å². The molecule has 2 rings (SSSR count). The number of benzene rings is 1. The summed E-state index contributed by atoms with van der Waals surface area (Å²) in [6.07, 6.45) is -1.00. The van der Waals surface area contributed by atoms with Gasteiger partial charge in [0.2, 0.25) is 0 Å². The SMILES string of the molecule is O=C(NCC(O)c1cccc(F)c1)c1ccc(Cl)nn1. The molecular weight excluding hydrogens is 285 g/mol. The highest BCUT2D eigenvalue weighted by Crippen LogP contribution is 2.13. The van der Waals surface area contributed by atoms with Crippen molar-refractivity contribution in [1.29, 1.82) is 0 Å². The molecule has 1 unspecified atom stereocenters. The average molecular weight is 296 g/mol. The van der Waals surface area contributed by atoms with Crippen LogP contribution in [0.15, 0.2) is 36.4 Å². The van der Waals surface area contributed by atoms with Gasteiger partial charge in [-0.3, -0.25) is 4.79 Å². The molecule has 7 heteroatoms. The zero-order valence-corrected chi connectivity index (χ0v) is 11.0. The summed E-state index contributed by atoms with van der Waals surface area (Å²) in [5, 5.41) is 19.7. The Bertz CT molecular complexity index is 607. The number of carbonyl (C=O) groups excluding carboxylic acids is 1. The molecule has 1 amide bonds. The summed E-state index contributed by atoms with van der Waals surface area (Å²) in [4.78, 5) is 11.7. The van der Waals surface area contributed by atoms with Gasteiger partial charge < -0.3 is 10.4 Å². The maximum absolute atomic E-state index is 13.0. The summed E-state index contributed by atoms with van der Waals surface area (Å²) in [7, 11) is 0. The second-order valence-electron chi connectivity index (χ2n) is 4.02. The van der Waals surface area contributed by atoms with E-state index < -0.39 is 17.8 Å². The molecule has 1 aromatic carbocycles. The number of hydrogen-bond acceptors (Lipinski definition) is 4. The van der Waals surface area contributed by atoms with E-state index in [9.17, 15) is 14.3 Å². The zero-order chi connectivity index (χ0) is 14.5. The summed E-state index contributed by atoms with van der Waals surface area (Å²) >= 11 is 5.56. The molecular formula is C13H11ClFN3O2. The van der Waals surface area contributed by atoms with E-state index in [1.165, 1.54) is 30.3 Å². The van der Waals surface area contributed by atoms with Crippen LogP contribution in [0.3, 0.4) is 0 Å². The fraction of sp³-hybridized carbons (Fsp3) is 0.154. The number of rotatable bonds is 4. The normalized spacial score (nSPS) is 11.9. The first-order valence-corrected chi connectivity index (χ1v) is 6.15. The molecule has 1 aromatic heterocycles. The third-order valence-electron chi connectivity index (χ3n) is 2.55. The van der Waals surface area contributed by atoms with Crippen LogP contribution in [0.1, 0.15) is 22.2 Å². The van der Waals surface area contributed by atoms with Crippen molar-refractivity contribution in [3.63, 3.8) is 0 Å². The van der Waals surface area contributed by atoms with Crippen LogP contribution in [0.2, 0.25) is 5.15 Å². The summed E-state index contributed by atoms with van der Waals surface area (Å²) in [5.74, 6) is -0.943. The highest BCUT2D eigenvalue weighted by Gasteiger charge is 2.12. The summed E-state index contributed by atoms with van der Waals surface area (Å²) in [6, 6.07) is 8.39. The predicted molar refractivity (Wildman–Crippen MR) is 70.7 cm³/mol. The number of hydrogen-bond donors (Lipinski definition) is 2. The standard InChI is InChI=1S/C13H11ClFN3O2/c14-12-5-4-10(17-18-12)13(20)16-7-11(19)8-2-1-3-9(15)6-8/h1-6,11,19H,7H2,(H,16,20). The van der Waals surface area contributed by atoms with Gasteiger partial charge in [0.05, 0.1) is 6.10 Å². The summed E-state index contributed by atoms with van der Waals surface area (Å²) in [5.41, 5.74) is 0.466. The molecule has 5 nitrogen and oxygen atoms in total. The van der Waals surface area contributed by atoms with Crippen molar-refractivity contribution in [3.05, 3.63) is 58.6 Å². The molecule has 1 heterocycles. The first-order chi connectivity index (χ1) is 9.56. The Labute approximate surface area is 119 Å². The second-order valence-corrected chi connectivity index (χ2v) is 4.41. The van der Waals surface area contributed by atoms with E-state index in [0.717, 1.165) is 0 Å². The van der Waals surface area contributed by atoms with Crippen LogP contribution in [0.25, 0.3) is 0 Å². The number of amides is 1. The number of nitrogens with zero attached hydrogens (tertiary/aromatic N) is 2. The minimum absolute atomic E-state index is 0.0629. The van der Waals surface area contributed by atoms with Crippen LogP contribution in [-0.2, 0) is 0 Å². The molecule has 20 heavy (non-hydrogen) atoms. The minimum Gasteiger partial charge on any atom is -0.387 e. The molecule has 0 aliphatic carbocycles. The van der Waals surface area contributed by atoms with E-state index in [4.69, 9.17) is 11.6 Å². The lowest BCUT2D eigenvalue weighted by Gasteiger charge is -2.12. The van der Waals surface area contributed by atoms with Crippen LogP contribution < -0.4 is 5.32 Å². The fourth-order valence-corrected chi connectivity index (χ4v) is 1.65. The quantitative estimate of drug-likeness (QED) is 0.901. The van der Waals surface area contributed by atoms with E-state index in [2.05, 4.69) is 15.5 Å². The van der Waals surface area contributed by atoms with Crippen LogP contribution in [0.4, 0.5) is 4.39 Å². The molecule has 0 bridgehead atoms. The van der Waals surface area contributed by atoms with E-state index in [-0.39, 0.29) is 17.4 Å². The number of nitrogens with one attached hydrogen (secondary N) is 1. The first kappa shape index (κ1) is 14.4. The molecule has 2 N–H and O–H groups in total. The van der Waals surface area contributed by atoms with Crippen LogP contribution >= 0.6 is 11.6 Å². The van der Waals surface area contributed by atoms with Gasteiger partial charge in [-0.1, -0.05) is 23.7 Å². The molecule has 0 aliphatic rings. The first-order valence-electron chi connectivity index (χ1n) is 5.77. The van der Waals surface area contributed by atoms with Crippen molar-refractivity contribution in [2.24, 2.45) is 0 Å². The van der Waals surface area contributed by atoms with Crippen LogP contribution in [0, 0.1) is 5.82 Å². The number of halogens is 2. The molecule has 0 radical (unpaired) electrons. The predicted octanol–water partition coefficient (Wildman–Crippen LogP) is 1.73. The topological polar surface area (TPSA) is 75.1 Å². The number of aliphatic hydroxyl groups is 1. The monoisotopic (exact) mass is 295 g/mol. The lowest BCUT2D eigenvalue weighted by Crippen LogP contribution is -2.29. The van der Waals surface area contributed by atoms with Crippen molar-refractivity contribution in [3.8, 4) is 0 Å². The van der Waals surface area contributed by atoms with Gasteiger partial charge in [0.15, 0.2) is 10.8 Å². The lowest BCUT2D eigenvalue weighted by atomic mass is 10.1. The van der Waals surface area contributed by atoms with Gasteiger partial charge in [0, 0.05) is 6.54 Å². The Balaban J connectivity index is 1.94. The number of aromatic nitrogens is 2. The van der Waals surface area contributed by atoms with E-state index in [1.54, 1.807) is 6.07 Å². The van der Waals surface area contributed by atoms with Crippen molar-refractivity contribution >= 4 is 17.5 Å². The van der Waals surface area contributed by atoms with Crippen molar-refractivity contribution < 1.29 is 14.3 Å². The highest BCUT2D eigenvalue weighted by molar-refractivity contribution is 6.29. The third-order valence-corrected chi connectivity index (χ3v) is 2.76. The third kappa shape index (κ3) is 3.72. The molecule has 104 valence electrons. The molecule has 0 saturated heterocycles. The summed E-state index contributed by atoms with van der Waals surface area (Å²) in [6.45, 7) is -0.0629. The Morgan fingerprint density at radius 1 is 1.35 bits per heavy atom. The number of aliphatic hydroxyl groups excluding tert-OH is 1. The van der Waals surface area contributed by atoms with Crippen LogP contribution in [-0.4, -0.2) is 27.8 Å². The van der Waals surface area contributed by atoms with Gasteiger partial charge in [-0.25, -0.2) is 4.39 Å². The molecule has 2 aromatic rings. The smallest absolute Gasteiger partial charge is 0.271 e. The highest BCUT2D eigenvalue weighted by atomic mass is 35.5. The van der Waals surface area contributed by atoms with Crippen molar-refractivity contribution in [2.75, 3.05) is 6.54 Å². The Morgan fingerprint density at radius 3 is 2.80 bits per heavy atom. The van der Waals surface area contributed by atoms with Gasteiger partial charge in [-0.2, -0.15) is 0 Å². The van der Waals surface area contributed by atoms with E-state index in [1.807, 2.05) is 0 Å². The molecule has 0 aliphatic heterocycles. The molecule has 0 fully saturated rings. The zero-order valence-electron chi connectivity index (χ0n) is 10.3. The van der Waals surface area contributed by atoms with Gasteiger partial charge in [-0.05, 0) is 29.8 Å². The van der Waals surface area contributed by atoms with Crippen molar-refractivity contribution in [1.82, 2.24) is 15.5 Å². The van der Waals surface area contributed by atoms with Crippen molar-refractivity contribution in [2.45, 2.75) is 6.10 Å². The Kier molecular flexibility index (Phi) is 4.60. The maximum Gasteiger partial charge on any atom is 0.271 e. The van der Waals surface area contributed by atoms with Gasteiger partial charge in [0.1, 0.15) is 5.82 Å². The fourth-order valence-electron chi connectivity index (χ4n) is 1.55.